The minimum atomic E-state index is -2.47. The second-order valence-electron chi connectivity index (χ2n) is 10.7. The zero-order valence-electron chi connectivity index (χ0n) is 21.7. The molecule has 38 heavy (non-hydrogen) atoms. The van der Waals surface area contributed by atoms with Crippen molar-refractivity contribution in [3.05, 3.63) is 35.9 Å². The number of anilines is 2. The Hall–Kier alpha value is -3.07. The smallest absolute Gasteiger partial charge is 0.259 e. The number of benzene rings is 2. The molecule has 3 amide bonds. The summed E-state index contributed by atoms with van der Waals surface area (Å²) in [5, 5.41) is 7.69. The van der Waals surface area contributed by atoms with Gasteiger partial charge in [0.15, 0.2) is 0 Å². The van der Waals surface area contributed by atoms with Crippen LogP contribution in [0.1, 0.15) is 74.6 Å². The number of likely N-dealkylation sites (tertiary alicyclic amines) is 1. The van der Waals surface area contributed by atoms with E-state index in [1.807, 2.05) is 24.3 Å². The number of halogens is 2. The Morgan fingerprint density at radius 1 is 0.947 bits per heavy atom. The fourth-order valence-corrected chi connectivity index (χ4v) is 5.89. The molecule has 2 fully saturated rings. The second-order valence-corrected chi connectivity index (χ2v) is 10.7. The monoisotopic (exact) mass is 526 g/mol. The molecule has 7 nitrogen and oxygen atoms in total. The number of hydrogen-bond acceptors (Lipinski definition) is 5. The largest absolute Gasteiger partial charge is 0.385 e. The van der Waals surface area contributed by atoms with Crippen molar-refractivity contribution in [3.8, 4) is 0 Å². The van der Waals surface area contributed by atoms with Crippen LogP contribution in [-0.4, -0.2) is 60.8 Å². The highest BCUT2D eigenvalue weighted by Crippen LogP contribution is 2.42. The van der Waals surface area contributed by atoms with Crippen LogP contribution in [0.25, 0.3) is 10.8 Å². The SMILES string of the molecule is O=C1CCC(N2C(=O)c3cccc4c(NCCCCCCCCN5CCC(F)(F)CC5)ccc2c34)C(=O)N1. The van der Waals surface area contributed by atoms with Gasteiger partial charge in [0.25, 0.3) is 11.8 Å². The minimum absolute atomic E-state index is 0.00622. The molecule has 0 spiro atoms. The first-order valence-corrected chi connectivity index (χ1v) is 13.9. The van der Waals surface area contributed by atoms with Gasteiger partial charge in [0.1, 0.15) is 6.04 Å². The van der Waals surface area contributed by atoms with Crippen LogP contribution in [0.3, 0.4) is 0 Å². The number of nitrogens with zero attached hydrogens (tertiary/aromatic N) is 2. The number of carbonyl (C=O) groups is 3. The van der Waals surface area contributed by atoms with E-state index in [0.717, 1.165) is 73.8 Å². The molecule has 5 rings (SSSR count). The van der Waals surface area contributed by atoms with Crippen LogP contribution < -0.4 is 15.5 Å². The summed E-state index contributed by atoms with van der Waals surface area (Å²) in [6, 6.07) is 8.84. The van der Waals surface area contributed by atoms with E-state index in [4.69, 9.17) is 0 Å². The number of amides is 3. The van der Waals surface area contributed by atoms with Gasteiger partial charge in [-0.05, 0) is 44.0 Å². The van der Waals surface area contributed by atoms with E-state index >= 15 is 0 Å². The van der Waals surface area contributed by atoms with Crippen LogP contribution in [0.5, 0.6) is 0 Å². The maximum atomic E-state index is 13.2. The highest BCUT2D eigenvalue weighted by atomic mass is 19.3. The first-order valence-electron chi connectivity index (χ1n) is 13.9. The molecule has 2 aromatic carbocycles. The van der Waals surface area contributed by atoms with E-state index in [9.17, 15) is 23.2 Å². The average Bonchev–Trinajstić information content (AvgIpc) is 3.18. The zero-order chi connectivity index (χ0) is 26.7. The predicted octanol–water partition coefficient (Wildman–Crippen LogP) is 5.09. The van der Waals surface area contributed by atoms with Gasteiger partial charge in [-0.25, -0.2) is 8.78 Å². The van der Waals surface area contributed by atoms with Crippen LogP contribution in [-0.2, 0) is 9.59 Å². The molecule has 1 atom stereocenters. The third-order valence-electron chi connectivity index (χ3n) is 8.05. The van der Waals surface area contributed by atoms with Crippen LogP contribution in [0.2, 0.25) is 0 Å². The third kappa shape index (κ3) is 5.67. The van der Waals surface area contributed by atoms with Crippen LogP contribution in [0.15, 0.2) is 30.3 Å². The second kappa shape index (κ2) is 11.4. The normalized spacial score (nSPS) is 21.3. The van der Waals surface area contributed by atoms with Crippen LogP contribution in [0, 0.1) is 0 Å². The first kappa shape index (κ1) is 26.5. The van der Waals surface area contributed by atoms with Crippen molar-refractivity contribution >= 4 is 39.9 Å². The Morgan fingerprint density at radius 3 is 2.45 bits per heavy atom. The topological polar surface area (TPSA) is 81.8 Å². The van der Waals surface area contributed by atoms with Crippen molar-refractivity contribution in [2.45, 2.75) is 76.2 Å². The lowest BCUT2D eigenvalue weighted by Crippen LogP contribution is -2.53. The summed E-state index contributed by atoms with van der Waals surface area (Å²) in [4.78, 5) is 41.0. The van der Waals surface area contributed by atoms with Crippen molar-refractivity contribution in [3.63, 3.8) is 0 Å². The van der Waals surface area contributed by atoms with E-state index in [1.165, 1.54) is 0 Å². The van der Waals surface area contributed by atoms with E-state index in [-0.39, 0.29) is 31.1 Å². The molecule has 3 aliphatic heterocycles. The number of alkyl halides is 2. The molecule has 2 saturated heterocycles. The van der Waals surface area contributed by atoms with Gasteiger partial charge < -0.3 is 10.2 Å². The molecule has 0 aliphatic carbocycles. The molecule has 2 aromatic rings. The van der Waals surface area contributed by atoms with Crippen molar-refractivity contribution in [2.24, 2.45) is 0 Å². The summed E-state index contributed by atoms with van der Waals surface area (Å²) in [6.45, 7) is 2.77. The van der Waals surface area contributed by atoms with Gasteiger partial charge in [0.05, 0.1) is 5.69 Å². The molecule has 0 saturated carbocycles. The van der Waals surface area contributed by atoms with E-state index in [1.54, 1.807) is 11.0 Å². The van der Waals surface area contributed by atoms with Gasteiger partial charge in [0, 0.05) is 60.9 Å². The summed E-state index contributed by atoms with van der Waals surface area (Å²) in [5.41, 5.74) is 2.28. The van der Waals surface area contributed by atoms with Gasteiger partial charge in [0.2, 0.25) is 11.8 Å². The fraction of sp³-hybridized carbons (Fsp3) is 0.552. The Kier molecular flexibility index (Phi) is 7.93. The quantitative estimate of drug-likeness (QED) is 0.315. The number of hydrogen-bond donors (Lipinski definition) is 2. The Bertz CT molecular complexity index is 1210. The van der Waals surface area contributed by atoms with Gasteiger partial charge in [-0.2, -0.15) is 0 Å². The third-order valence-corrected chi connectivity index (χ3v) is 8.05. The number of imide groups is 1. The number of carbonyl (C=O) groups excluding carboxylic acids is 3. The van der Waals surface area contributed by atoms with Crippen LogP contribution in [0.4, 0.5) is 20.2 Å². The molecular formula is C29H36F2N4O3. The average molecular weight is 527 g/mol. The van der Waals surface area contributed by atoms with Crippen LogP contribution >= 0.6 is 0 Å². The molecular weight excluding hydrogens is 490 g/mol. The lowest BCUT2D eigenvalue weighted by molar-refractivity contribution is -0.134. The lowest BCUT2D eigenvalue weighted by Gasteiger charge is -2.31. The molecule has 0 radical (unpaired) electrons. The first-order chi connectivity index (χ1) is 18.3. The molecule has 204 valence electrons. The number of unbranched alkanes of at least 4 members (excludes halogenated alkanes) is 5. The van der Waals surface area contributed by atoms with Gasteiger partial charge in [-0.15, -0.1) is 0 Å². The standard InChI is InChI=1S/C29H36F2N4O3/c30-29(31)14-18-34(19-15-29)17-6-4-2-1-3-5-16-32-22-10-11-23-26-20(22)8-7-9-21(26)28(38)35(23)24-12-13-25(36)33-27(24)37/h7-11,24,32H,1-6,12-19H2,(H,33,36,37). The molecule has 0 aromatic heterocycles. The summed E-state index contributed by atoms with van der Waals surface area (Å²) >= 11 is 0. The van der Waals surface area contributed by atoms with Crippen molar-refractivity contribution in [2.75, 3.05) is 36.4 Å². The maximum absolute atomic E-state index is 13.2. The summed E-state index contributed by atoms with van der Waals surface area (Å²) in [6.07, 6.45) is 7.19. The fourth-order valence-electron chi connectivity index (χ4n) is 5.89. The van der Waals surface area contributed by atoms with Crippen molar-refractivity contribution in [1.29, 1.82) is 0 Å². The molecule has 1 unspecified atom stereocenters. The molecule has 3 heterocycles. The summed E-state index contributed by atoms with van der Waals surface area (Å²) < 4.78 is 26.5. The number of rotatable bonds is 11. The summed E-state index contributed by atoms with van der Waals surface area (Å²) in [5.74, 6) is -3.39. The Morgan fingerprint density at radius 2 is 1.68 bits per heavy atom. The van der Waals surface area contributed by atoms with E-state index < -0.39 is 17.9 Å². The molecule has 3 aliphatic rings. The van der Waals surface area contributed by atoms with Gasteiger partial charge in [-0.1, -0.05) is 37.8 Å². The maximum Gasteiger partial charge on any atom is 0.259 e. The zero-order valence-corrected chi connectivity index (χ0v) is 21.7. The molecule has 2 N–H and O–H groups in total. The van der Waals surface area contributed by atoms with Crippen molar-refractivity contribution < 1.29 is 23.2 Å². The Balaban J connectivity index is 1.08. The summed E-state index contributed by atoms with van der Waals surface area (Å²) in [7, 11) is 0. The highest BCUT2D eigenvalue weighted by Gasteiger charge is 2.41. The van der Waals surface area contributed by atoms with E-state index in [2.05, 4.69) is 15.5 Å². The lowest BCUT2D eigenvalue weighted by atomic mass is 10.0. The Labute approximate surface area is 221 Å². The molecule has 9 heteroatoms. The highest BCUT2D eigenvalue weighted by molar-refractivity contribution is 6.28. The number of nitrogens with one attached hydrogen (secondary N) is 2. The van der Waals surface area contributed by atoms with E-state index in [0.29, 0.717) is 25.1 Å². The van der Waals surface area contributed by atoms with Gasteiger partial charge >= 0.3 is 0 Å². The molecule has 0 bridgehead atoms. The minimum Gasteiger partial charge on any atom is -0.385 e. The van der Waals surface area contributed by atoms with Gasteiger partial charge in [-0.3, -0.25) is 24.6 Å². The van der Waals surface area contributed by atoms with Crippen molar-refractivity contribution in [1.82, 2.24) is 10.2 Å². The predicted molar refractivity (Wildman–Crippen MR) is 144 cm³/mol. The number of piperidine rings is 2.